The lowest BCUT2D eigenvalue weighted by molar-refractivity contribution is -0.122. The Bertz CT molecular complexity index is 894. The highest BCUT2D eigenvalue weighted by Crippen LogP contribution is 2.17. The van der Waals surface area contributed by atoms with Crippen molar-refractivity contribution in [1.82, 2.24) is 24.5 Å². The first kappa shape index (κ1) is 19.1. The van der Waals surface area contributed by atoms with Crippen LogP contribution in [0.4, 0.5) is 0 Å². The first-order valence-corrected chi connectivity index (χ1v) is 10.0. The van der Waals surface area contributed by atoms with Crippen molar-refractivity contribution >= 4 is 21.8 Å². The predicted molar refractivity (Wildman–Crippen MR) is 97.4 cm³/mol. The van der Waals surface area contributed by atoms with Crippen molar-refractivity contribution in [3.63, 3.8) is 0 Å². The Balaban J connectivity index is 1.55. The molecular weight excluding hydrogens is 370 g/mol. The SMILES string of the molecule is O=C1CN(S(=O)(=O)c2ccc(C(=O)NCCCn3ccnc3)cc2)CCN1. The van der Waals surface area contributed by atoms with Crippen LogP contribution in [-0.4, -0.2) is 60.3 Å². The van der Waals surface area contributed by atoms with E-state index in [1.165, 1.54) is 24.3 Å². The number of carbonyl (C=O) groups excluding carboxylic acids is 2. The van der Waals surface area contributed by atoms with Crippen LogP contribution in [0.2, 0.25) is 0 Å². The minimum atomic E-state index is -3.75. The normalized spacial score (nSPS) is 15.3. The van der Waals surface area contributed by atoms with E-state index in [1.807, 2.05) is 10.8 Å². The maximum atomic E-state index is 12.6. The van der Waals surface area contributed by atoms with Crippen LogP contribution in [0.25, 0.3) is 0 Å². The Labute approximate surface area is 157 Å². The summed E-state index contributed by atoms with van der Waals surface area (Å²) in [5.41, 5.74) is 0.382. The van der Waals surface area contributed by atoms with Gasteiger partial charge < -0.3 is 15.2 Å². The number of hydrogen-bond donors (Lipinski definition) is 2. The number of hydrogen-bond acceptors (Lipinski definition) is 5. The lowest BCUT2D eigenvalue weighted by atomic mass is 10.2. The zero-order valence-electron chi connectivity index (χ0n) is 14.7. The number of amides is 2. The van der Waals surface area contributed by atoms with Crippen LogP contribution in [0.1, 0.15) is 16.8 Å². The fraction of sp³-hybridized carbons (Fsp3) is 0.353. The fourth-order valence-electron chi connectivity index (χ4n) is 2.73. The van der Waals surface area contributed by atoms with E-state index in [2.05, 4.69) is 15.6 Å². The number of nitrogens with zero attached hydrogens (tertiary/aromatic N) is 3. The highest BCUT2D eigenvalue weighted by Gasteiger charge is 2.29. The van der Waals surface area contributed by atoms with Gasteiger partial charge in [-0.05, 0) is 30.7 Å². The van der Waals surface area contributed by atoms with Gasteiger partial charge in [0.2, 0.25) is 15.9 Å². The maximum Gasteiger partial charge on any atom is 0.251 e. The third kappa shape index (κ3) is 4.72. The van der Waals surface area contributed by atoms with Crippen LogP contribution in [0.3, 0.4) is 0 Å². The Morgan fingerprint density at radius 2 is 2.04 bits per heavy atom. The summed E-state index contributed by atoms with van der Waals surface area (Å²) < 4.78 is 28.2. The van der Waals surface area contributed by atoms with Gasteiger partial charge in [0.15, 0.2) is 0 Å². The number of sulfonamides is 1. The van der Waals surface area contributed by atoms with Gasteiger partial charge in [-0.15, -0.1) is 0 Å². The smallest absolute Gasteiger partial charge is 0.251 e. The molecule has 1 saturated heterocycles. The Kier molecular flexibility index (Phi) is 5.87. The molecule has 10 heteroatoms. The number of rotatable bonds is 7. The topological polar surface area (TPSA) is 113 Å². The van der Waals surface area contributed by atoms with Gasteiger partial charge in [0.25, 0.3) is 5.91 Å². The second-order valence-corrected chi connectivity index (χ2v) is 8.06. The highest BCUT2D eigenvalue weighted by atomic mass is 32.2. The maximum absolute atomic E-state index is 12.6. The fourth-order valence-corrected chi connectivity index (χ4v) is 4.13. The summed E-state index contributed by atoms with van der Waals surface area (Å²) in [6, 6.07) is 5.73. The van der Waals surface area contributed by atoms with Crippen LogP contribution < -0.4 is 10.6 Å². The Hall–Kier alpha value is -2.72. The van der Waals surface area contributed by atoms with Crippen molar-refractivity contribution in [2.45, 2.75) is 17.9 Å². The molecule has 0 spiro atoms. The van der Waals surface area contributed by atoms with E-state index in [0.717, 1.165) is 17.3 Å². The average Bonchev–Trinajstić information content (AvgIpc) is 3.19. The molecule has 144 valence electrons. The molecule has 9 nitrogen and oxygen atoms in total. The van der Waals surface area contributed by atoms with Crippen LogP contribution in [-0.2, 0) is 21.4 Å². The molecule has 1 aromatic carbocycles. The molecule has 0 bridgehead atoms. The van der Waals surface area contributed by atoms with Crippen molar-refractivity contribution in [3.8, 4) is 0 Å². The van der Waals surface area contributed by atoms with E-state index in [0.29, 0.717) is 12.1 Å². The van der Waals surface area contributed by atoms with E-state index in [1.54, 1.807) is 12.5 Å². The van der Waals surface area contributed by atoms with Gasteiger partial charge in [-0.1, -0.05) is 0 Å². The van der Waals surface area contributed by atoms with Gasteiger partial charge in [-0.25, -0.2) is 13.4 Å². The Morgan fingerprint density at radius 1 is 1.26 bits per heavy atom. The molecule has 2 aromatic rings. The molecule has 3 rings (SSSR count). The monoisotopic (exact) mass is 391 g/mol. The lowest BCUT2D eigenvalue weighted by Gasteiger charge is -2.25. The minimum absolute atomic E-state index is 0.0638. The molecule has 0 aliphatic carbocycles. The van der Waals surface area contributed by atoms with Crippen LogP contribution in [0.5, 0.6) is 0 Å². The molecule has 0 saturated carbocycles. The van der Waals surface area contributed by atoms with Crippen molar-refractivity contribution in [2.75, 3.05) is 26.2 Å². The van der Waals surface area contributed by atoms with Crippen LogP contribution >= 0.6 is 0 Å². The van der Waals surface area contributed by atoms with Gasteiger partial charge >= 0.3 is 0 Å². The number of imidazole rings is 1. The number of aryl methyl sites for hydroxylation is 1. The number of nitrogens with one attached hydrogen (secondary N) is 2. The first-order chi connectivity index (χ1) is 13.0. The summed E-state index contributed by atoms with van der Waals surface area (Å²) in [5.74, 6) is -0.585. The second kappa shape index (κ2) is 8.31. The second-order valence-electron chi connectivity index (χ2n) is 6.12. The van der Waals surface area contributed by atoms with Crippen LogP contribution in [0, 0.1) is 0 Å². The molecule has 0 unspecified atom stereocenters. The summed E-state index contributed by atoms with van der Waals surface area (Å²) in [5, 5.41) is 5.39. The molecule has 2 amide bonds. The van der Waals surface area contributed by atoms with Gasteiger partial charge in [0.05, 0.1) is 17.8 Å². The zero-order chi connectivity index (χ0) is 19.3. The molecule has 2 N–H and O–H groups in total. The van der Waals surface area contributed by atoms with Gasteiger partial charge in [-0.2, -0.15) is 4.31 Å². The molecule has 0 atom stereocenters. The van der Waals surface area contributed by atoms with Crippen molar-refractivity contribution < 1.29 is 18.0 Å². The van der Waals surface area contributed by atoms with Crippen molar-refractivity contribution in [2.24, 2.45) is 0 Å². The average molecular weight is 391 g/mol. The summed E-state index contributed by atoms with van der Waals surface area (Å²) in [6.07, 6.45) is 6.02. The van der Waals surface area contributed by atoms with Gasteiger partial charge in [-0.3, -0.25) is 9.59 Å². The largest absolute Gasteiger partial charge is 0.354 e. The standard InChI is InChI=1S/C17H21N5O4S/c23-16-12-22(11-8-19-16)27(25,26)15-4-2-14(3-5-15)17(24)20-6-1-9-21-10-7-18-13-21/h2-5,7,10,13H,1,6,8-9,11-12H2,(H,19,23)(H,20,24). The molecular formula is C17H21N5O4S. The lowest BCUT2D eigenvalue weighted by Crippen LogP contribution is -2.49. The molecule has 2 heterocycles. The van der Waals surface area contributed by atoms with Gasteiger partial charge in [0, 0.05) is 44.1 Å². The molecule has 1 aliphatic heterocycles. The molecule has 0 radical (unpaired) electrons. The quantitative estimate of drug-likeness (QED) is 0.636. The minimum Gasteiger partial charge on any atom is -0.354 e. The molecule has 27 heavy (non-hydrogen) atoms. The number of benzene rings is 1. The third-order valence-corrected chi connectivity index (χ3v) is 6.05. The molecule has 1 aromatic heterocycles. The van der Waals surface area contributed by atoms with E-state index < -0.39 is 10.0 Å². The number of aromatic nitrogens is 2. The van der Waals surface area contributed by atoms with E-state index in [9.17, 15) is 18.0 Å². The summed E-state index contributed by atoms with van der Waals surface area (Å²) in [4.78, 5) is 27.6. The predicted octanol–water partition coefficient (Wildman–Crippen LogP) is -0.176. The zero-order valence-corrected chi connectivity index (χ0v) is 15.5. The van der Waals surface area contributed by atoms with Crippen LogP contribution in [0.15, 0.2) is 47.9 Å². The van der Waals surface area contributed by atoms with Crippen molar-refractivity contribution in [1.29, 1.82) is 0 Å². The van der Waals surface area contributed by atoms with E-state index in [4.69, 9.17) is 0 Å². The first-order valence-electron chi connectivity index (χ1n) is 8.58. The van der Waals surface area contributed by atoms with E-state index >= 15 is 0 Å². The Morgan fingerprint density at radius 3 is 2.70 bits per heavy atom. The summed E-state index contributed by atoms with van der Waals surface area (Å²) >= 11 is 0. The number of carbonyl (C=O) groups is 2. The third-order valence-electron chi connectivity index (χ3n) is 4.20. The van der Waals surface area contributed by atoms with Gasteiger partial charge in [0.1, 0.15) is 0 Å². The highest BCUT2D eigenvalue weighted by molar-refractivity contribution is 7.89. The summed E-state index contributed by atoms with van der Waals surface area (Å²) in [7, 11) is -3.75. The molecule has 1 fully saturated rings. The molecule has 1 aliphatic rings. The van der Waals surface area contributed by atoms with Crippen molar-refractivity contribution in [3.05, 3.63) is 48.5 Å². The number of piperazine rings is 1. The summed E-state index contributed by atoms with van der Waals surface area (Å²) in [6.45, 7) is 1.58. The van der Waals surface area contributed by atoms with E-state index in [-0.39, 0.29) is 36.3 Å².